The van der Waals surface area contributed by atoms with Crippen molar-refractivity contribution in [3.63, 3.8) is 0 Å². The highest BCUT2D eigenvalue weighted by Gasteiger charge is 2.47. The Labute approximate surface area is 187 Å². The van der Waals surface area contributed by atoms with E-state index in [0.29, 0.717) is 17.0 Å². The third kappa shape index (κ3) is 4.17. The summed E-state index contributed by atoms with van der Waals surface area (Å²) >= 11 is 0. The molecule has 1 aliphatic heterocycles. The van der Waals surface area contributed by atoms with Gasteiger partial charge in [-0.3, -0.25) is 19.2 Å². The quantitative estimate of drug-likeness (QED) is 0.640. The number of carbonyl (C=O) groups excluding carboxylic acids is 2. The van der Waals surface area contributed by atoms with E-state index in [-0.39, 0.29) is 40.8 Å². The Balaban J connectivity index is 1.61. The first-order chi connectivity index (χ1) is 15.3. The Hall–Kier alpha value is -3.07. The molecule has 2 aliphatic rings. The van der Waals surface area contributed by atoms with Gasteiger partial charge in [0.15, 0.2) is 0 Å². The lowest BCUT2D eigenvalue weighted by molar-refractivity contribution is -0.140. The van der Waals surface area contributed by atoms with E-state index in [4.69, 9.17) is 9.47 Å². The minimum Gasteiger partial charge on any atom is -0.497 e. The number of rotatable bonds is 7. The van der Waals surface area contributed by atoms with Crippen LogP contribution in [0.15, 0.2) is 47.4 Å². The third-order valence-electron chi connectivity index (χ3n) is 6.11. The van der Waals surface area contributed by atoms with Gasteiger partial charge in [-0.15, -0.1) is 0 Å². The predicted octanol–water partition coefficient (Wildman–Crippen LogP) is 3.18. The number of methoxy groups -OCH3 is 2. The van der Waals surface area contributed by atoms with Gasteiger partial charge in [-0.25, -0.2) is 8.42 Å². The highest BCUT2D eigenvalue weighted by atomic mass is 32.2. The van der Waals surface area contributed by atoms with Gasteiger partial charge in [-0.2, -0.15) is 0 Å². The lowest BCUT2D eigenvalue weighted by Gasteiger charge is -2.19. The Kier molecular flexibility index (Phi) is 6.10. The highest BCUT2D eigenvalue weighted by Crippen LogP contribution is 2.39. The Morgan fingerprint density at radius 3 is 2.28 bits per heavy atom. The summed E-state index contributed by atoms with van der Waals surface area (Å²) in [6.45, 7) is 0.0380. The van der Waals surface area contributed by atoms with Crippen molar-refractivity contribution in [2.45, 2.75) is 37.1 Å². The summed E-state index contributed by atoms with van der Waals surface area (Å²) in [6, 6.07) is 11.2. The van der Waals surface area contributed by atoms with Crippen molar-refractivity contribution >= 4 is 27.5 Å². The summed E-state index contributed by atoms with van der Waals surface area (Å²) < 4.78 is 39.2. The molecule has 1 saturated heterocycles. The number of anilines is 1. The largest absolute Gasteiger partial charge is 0.497 e. The molecule has 0 aromatic heterocycles. The van der Waals surface area contributed by atoms with Gasteiger partial charge in [0.1, 0.15) is 16.4 Å². The van der Waals surface area contributed by atoms with E-state index in [1.54, 1.807) is 30.3 Å². The molecule has 9 heteroatoms. The van der Waals surface area contributed by atoms with E-state index >= 15 is 0 Å². The fraction of sp³-hybridized carbons (Fsp3) is 0.391. The van der Waals surface area contributed by atoms with Crippen molar-refractivity contribution in [3.8, 4) is 11.5 Å². The molecule has 1 saturated carbocycles. The number of likely N-dealkylation sites (tertiary alicyclic amines) is 1. The van der Waals surface area contributed by atoms with Gasteiger partial charge in [0.05, 0.1) is 38.3 Å². The summed E-state index contributed by atoms with van der Waals surface area (Å²) in [5, 5.41) is 0. The standard InChI is InChI=1S/C23H26N2O6S/c1-30-17-7-5-6-16(13-17)24-32(28,29)21-12-15(10-11-20(21)31-2)14-25-22(26)18-8-3-4-9-19(18)23(25)27/h5-7,10-13,18-19,24H,3-4,8-9,14H2,1-2H3. The van der Waals surface area contributed by atoms with Crippen LogP contribution in [0.4, 0.5) is 5.69 Å². The minimum atomic E-state index is -4.00. The van der Waals surface area contributed by atoms with Crippen LogP contribution in [0.5, 0.6) is 11.5 Å². The van der Waals surface area contributed by atoms with E-state index in [1.165, 1.54) is 31.3 Å². The first-order valence-corrected chi connectivity index (χ1v) is 12.0. The van der Waals surface area contributed by atoms with Gasteiger partial charge >= 0.3 is 0 Å². The molecule has 0 spiro atoms. The number of carbonyl (C=O) groups is 2. The molecule has 0 radical (unpaired) electrons. The molecule has 2 aromatic carbocycles. The van der Waals surface area contributed by atoms with Crippen molar-refractivity contribution in [2.24, 2.45) is 11.8 Å². The maximum absolute atomic E-state index is 13.1. The predicted molar refractivity (Wildman–Crippen MR) is 118 cm³/mol. The first kappa shape index (κ1) is 22.1. The lowest BCUT2D eigenvalue weighted by atomic mass is 9.81. The minimum absolute atomic E-state index is 0.0380. The van der Waals surface area contributed by atoms with Gasteiger partial charge in [0.25, 0.3) is 10.0 Å². The molecular formula is C23H26N2O6S. The number of hydrogen-bond donors (Lipinski definition) is 1. The second kappa shape index (κ2) is 8.82. The molecular weight excluding hydrogens is 432 g/mol. The lowest BCUT2D eigenvalue weighted by Crippen LogP contribution is -2.30. The zero-order valence-corrected chi connectivity index (χ0v) is 18.9. The Morgan fingerprint density at radius 1 is 0.969 bits per heavy atom. The van der Waals surface area contributed by atoms with Crippen LogP contribution in [-0.4, -0.2) is 39.4 Å². The Bertz CT molecular complexity index is 1120. The van der Waals surface area contributed by atoms with Crippen LogP contribution < -0.4 is 14.2 Å². The van der Waals surface area contributed by atoms with Gasteiger partial charge < -0.3 is 9.47 Å². The average molecular weight is 459 g/mol. The molecule has 170 valence electrons. The molecule has 8 nitrogen and oxygen atoms in total. The second-order valence-electron chi connectivity index (χ2n) is 8.08. The maximum Gasteiger partial charge on any atom is 0.265 e. The number of amides is 2. The van der Waals surface area contributed by atoms with Crippen LogP contribution in [0.3, 0.4) is 0 Å². The molecule has 2 amide bonds. The maximum atomic E-state index is 13.1. The number of ether oxygens (including phenoxy) is 2. The molecule has 0 bridgehead atoms. The van der Waals surface area contributed by atoms with E-state index in [1.807, 2.05) is 0 Å². The molecule has 4 rings (SSSR count). The van der Waals surface area contributed by atoms with Crippen molar-refractivity contribution in [1.29, 1.82) is 0 Å². The summed E-state index contributed by atoms with van der Waals surface area (Å²) in [5.74, 6) is -0.126. The Morgan fingerprint density at radius 2 is 1.66 bits per heavy atom. The van der Waals surface area contributed by atoms with Crippen LogP contribution in [0.1, 0.15) is 31.2 Å². The van der Waals surface area contributed by atoms with E-state index in [9.17, 15) is 18.0 Å². The molecule has 2 aromatic rings. The third-order valence-corrected chi connectivity index (χ3v) is 7.52. The van der Waals surface area contributed by atoms with Crippen LogP contribution >= 0.6 is 0 Å². The van der Waals surface area contributed by atoms with E-state index < -0.39 is 10.0 Å². The number of sulfonamides is 1. The second-order valence-corrected chi connectivity index (χ2v) is 9.73. The van der Waals surface area contributed by atoms with Crippen molar-refractivity contribution in [2.75, 3.05) is 18.9 Å². The molecule has 32 heavy (non-hydrogen) atoms. The monoisotopic (exact) mass is 458 g/mol. The van der Waals surface area contributed by atoms with Crippen molar-refractivity contribution in [1.82, 2.24) is 4.90 Å². The number of nitrogens with one attached hydrogen (secondary N) is 1. The average Bonchev–Trinajstić information content (AvgIpc) is 3.04. The number of hydrogen-bond acceptors (Lipinski definition) is 6. The molecule has 2 fully saturated rings. The zero-order valence-electron chi connectivity index (χ0n) is 18.0. The van der Waals surface area contributed by atoms with E-state index in [0.717, 1.165) is 25.7 Å². The zero-order chi connectivity index (χ0) is 22.9. The summed E-state index contributed by atoms with van der Waals surface area (Å²) in [6.07, 6.45) is 3.38. The molecule has 2 atom stereocenters. The molecule has 2 unspecified atom stereocenters. The summed E-state index contributed by atoms with van der Waals surface area (Å²) in [4.78, 5) is 26.8. The fourth-order valence-electron chi connectivity index (χ4n) is 4.50. The summed E-state index contributed by atoms with van der Waals surface area (Å²) in [5.41, 5.74) is 0.878. The number of fused-ring (bicyclic) bond motifs is 1. The fourth-order valence-corrected chi connectivity index (χ4v) is 5.77. The topological polar surface area (TPSA) is 102 Å². The van der Waals surface area contributed by atoms with Crippen LogP contribution in [0.2, 0.25) is 0 Å². The van der Waals surface area contributed by atoms with Crippen LogP contribution in [0, 0.1) is 11.8 Å². The van der Waals surface area contributed by atoms with Crippen LogP contribution in [0.25, 0.3) is 0 Å². The number of nitrogens with zero attached hydrogens (tertiary/aromatic N) is 1. The SMILES string of the molecule is COc1cccc(NS(=O)(=O)c2cc(CN3C(=O)C4CCCCC4C3=O)ccc2OC)c1. The smallest absolute Gasteiger partial charge is 0.265 e. The molecule has 1 N–H and O–H groups in total. The van der Waals surface area contributed by atoms with Gasteiger partial charge in [-0.05, 0) is 42.7 Å². The first-order valence-electron chi connectivity index (χ1n) is 10.5. The van der Waals surface area contributed by atoms with Crippen LogP contribution in [-0.2, 0) is 26.2 Å². The van der Waals surface area contributed by atoms with Gasteiger partial charge in [-0.1, -0.05) is 25.0 Å². The molecule has 1 aliphatic carbocycles. The normalized spacial score (nSPS) is 20.8. The number of imide groups is 1. The summed E-state index contributed by atoms with van der Waals surface area (Å²) in [7, 11) is -1.12. The number of benzene rings is 2. The van der Waals surface area contributed by atoms with Gasteiger partial charge in [0, 0.05) is 6.07 Å². The van der Waals surface area contributed by atoms with Crippen molar-refractivity contribution < 1.29 is 27.5 Å². The van der Waals surface area contributed by atoms with E-state index in [2.05, 4.69) is 4.72 Å². The molecule has 1 heterocycles. The van der Waals surface area contributed by atoms with Crippen molar-refractivity contribution in [3.05, 3.63) is 48.0 Å². The highest BCUT2D eigenvalue weighted by molar-refractivity contribution is 7.92. The van der Waals surface area contributed by atoms with Gasteiger partial charge in [0.2, 0.25) is 11.8 Å².